The third kappa shape index (κ3) is 5.26. The first-order valence-corrected chi connectivity index (χ1v) is 7.13. The zero-order valence-electron chi connectivity index (χ0n) is 12.6. The van der Waals surface area contributed by atoms with Crippen molar-refractivity contribution < 1.29 is 4.70 Å². The standard InChI is InChI=1S/C8H11BN2O.C6H7BrN2/c1-6-7(9-12)4-5-8(10-6)11(2)3;1-4-5(7)2-3-6(8)9-4/h4-5H,1-3H3;2-3H,1H3,(H2,8,9). The summed E-state index contributed by atoms with van der Waals surface area (Å²) in [4.78, 5) is 10.1. The predicted octanol–water partition coefficient (Wildman–Crippen LogP) is 1.87. The number of rotatable bonds is 2. The zero-order chi connectivity index (χ0) is 16.0. The zero-order valence-corrected chi connectivity index (χ0v) is 14.2. The Balaban J connectivity index is 0.000000219. The Morgan fingerprint density at radius 1 is 1.10 bits per heavy atom. The van der Waals surface area contributed by atoms with Gasteiger partial charge in [-0.25, -0.2) is 4.98 Å². The first-order valence-electron chi connectivity index (χ1n) is 6.34. The van der Waals surface area contributed by atoms with Crippen LogP contribution < -0.4 is 16.1 Å². The van der Waals surface area contributed by atoms with Crippen molar-refractivity contribution in [2.45, 2.75) is 13.8 Å². The SMILES string of the molecule is Cc1nc(N(C)C)ccc1B=O.Cc1nc(N)ccc1Br. The van der Waals surface area contributed by atoms with Gasteiger partial charge in [-0.1, -0.05) is 0 Å². The molecule has 0 aromatic carbocycles. The first kappa shape index (κ1) is 17.3. The molecule has 0 atom stereocenters. The average molecular weight is 349 g/mol. The van der Waals surface area contributed by atoms with E-state index in [1.54, 1.807) is 12.1 Å². The van der Waals surface area contributed by atoms with Crippen molar-refractivity contribution in [2.24, 2.45) is 0 Å². The van der Waals surface area contributed by atoms with Gasteiger partial charge in [0.15, 0.2) is 0 Å². The van der Waals surface area contributed by atoms with Crippen LogP contribution in [0.1, 0.15) is 11.4 Å². The molecule has 2 aromatic heterocycles. The average Bonchev–Trinajstić information content (AvgIpc) is 2.44. The van der Waals surface area contributed by atoms with Crippen molar-refractivity contribution in [3.63, 3.8) is 0 Å². The van der Waals surface area contributed by atoms with E-state index in [1.807, 2.05) is 45.0 Å². The molecule has 2 N–H and O–H groups in total. The van der Waals surface area contributed by atoms with Crippen LogP contribution in [0.4, 0.5) is 11.6 Å². The van der Waals surface area contributed by atoms with Crippen LogP contribution in [0.5, 0.6) is 0 Å². The molecule has 0 aliphatic heterocycles. The maximum atomic E-state index is 10.5. The van der Waals surface area contributed by atoms with Crippen molar-refractivity contribution in [1.29, 1.82) is 0 Å². The summed E-state index contributed by atoms with van der Waals surface area (Å²) in [5.41, 5.74) is 7.75. The molecular weight excluding hydrogens is 331 g/mol. The van der Waals surface area contributed by atoms with Crippen LogP contribution in [0.3, 0.4) is 0 Å². The van der Waals surface area contributed by atoms with E-state index in [-0.39, 0.29) is 0 Å². The van der Waals surface area contributed by atoms with Crippen LogP contribution in [-0.4, -0.2) is 31.2 Å². The summed E-state index contributed by atoms with van der Waals surface area (Å²) >= 11 is 3.31. The minimum atomic E-state index is 0.565. The maximum absolute atomic E-state index is 10.5. The monoisotopic (exact) mass is 348 g/mol. The fourth-order valence-corrected chi connectivity index (χ4v) is 1.72. The number of hydrogen-bond acceptors (Lipinski definition) is 5. The smallest absolute Gasteiger partial charge is 0.123 e. The quantitative estimate of drug-likeness (QED) is 0.839. The van der Waals surface area contributed by atoms with Gasteiger partial charge in [0.25, 0.3) is 0 Å². The summed E-state index contributed by atoms with van der Waals surface area (Å²) in [5.74, 6) is 1.44. The van der Waals surface area contributed by atoms with Crippen molar-refractivity contribution in [3.8, 4) is 0 Å². The van der Waals surface area contributed by atoms with E-state index in [9.17, 15) is 4.70 Å². The molecule has 2 aromatic rings. The second-order valence-electron chi connectivity index (χ2n) is 4.66. The second-order valence-corrected chi connectivity index (χ2v) is 5.51. The van der Waals surface area contributed by atoms with Crippen molar-refractivity contribution >= 4 is 40.2 Å². The molecule has 110 valence electrons. The molecule has 0 saturated carbocycles. The van der Waals surface area contributed by atoms with E-state index in [2.05, 4.69) is 25.9 Å². The molecule has 0 saturated heterocycles. The fourth-order valence-electron chi connectivity index (χ4n) is 1.50. The molecule has 0 spiro atoms. The predicted molar refractivity (Wildman–Crippen MR) is 90.5 cm³/mol. The van der Waals surface area contributed by atoms with Crippen LogP contribution in [0, 0.1) is 13.8 Å². The number of nitrogens with two attached hydrogens (primary N) is 1. The molecule has 0 amide bonds. The van der Waals surface area contributed by atoms with Crippen LogP contribution >= 0.6 is 15.9 Å². The molecule has 5 nitrogen and oxygen atoms in total. The second kappa shape index (κ2) is 7.88. The maximum Gasteiger partial charge on any atom is 0.123 e. The van der Waals surface area contributed by atoms with Crippen LogP contribution in [0.15, 0.2) is 28.7 Å². The summed E-state index contributed by atoms with van der Waals surface area (Å²) in [6.07, 6.45) is 0. The minimum absolute atomic E-state index is 0.565. The number of aromatic nitrogens is 2. The molecule has 7 heteroatoms. The molecule has 0 fully saturated rings. The van der Waals surface area contributed by atoms with Crippen molar-refractivity contribution in [3.05, 3.63) is 40.1 Å². The van der Waals surface area contributed by atoms with Crippen molar-refractivity contribution in [2.75, 3.05) is 24.7 Å². The van der Waals surface area contributed by atoms with Gasteiger partial charge >= 0.3 is 71.9 Å². The third-order valence-corrected chi connectivity index (χ3v) is 3.58. The van der Waals surface area contributed by atoms with E-state index in [1.165, 1.54) is 0 Å². The third-order valence-electron chi connectivity index (χ3n) is 2.74. The Morgan fingerprint density at radius 3 is 2.19 bits per heavy atom. The van der Waals surface area contributed by atoms with Crippen molar-refractivity contribution in [1.82, 2.24) is 9.97 Å². The summed E-state index contributed by atoms with van der Waals surface area (Å²) in [5, 5.41) is 0. The van der Waals surface area contributed by atoms with Gasteiger partial charge < -0.3 is 5.73 Å². The first-order chi connectivity index (χ1) is 9.85. The Morgan fingerprint density at radius 2 is 1.76 bits per heavy atom. The number of anilines is 2. The number of nitrogens with zero attached hydrogens (tertiary/aromatic N) is 3. The Hall–Kier alpha value is -1.76. The fraction of sp³-hybridized carbons (Fsp3) is 0.286. The van der Waals surface area contributed by atoms with E-state index >= 15 is 0 Å². The molecule has 0 unspecified atom stereocenters. The van der Waals surface area contributed by atoms with Gasteiger partial charge in [0.05, 0.1) is 5.69 Å². The Kier molecular flexibility index (Phi) is 6.49. The topological polar surface area (TPSA) is 72.1 Å². The van der Waals surface area contributed by atoms with E-state index in [0.29, 0.717) is 11.3 Å². The number of nitrogen functional groups attached to an aromatic ring is 1. The molecule has 2 rings (SSSR count). The molecule has 0 radical (unpaired) electrons. The van der Waals surface area contributed by atoms with Crippen LogP contribution in [0.25, 0.3) is 0 Å². The van der Waals surface area contributed by atoms with E-state index in [0.717, 1.165) is 28.8 Å². The van der Waals surface area contributed by atoms with Gasteiger partial charge in [0, 0.05) is 4.47 Å². The van der Waals surface area contributed by atoms with Crippen LogP contribution in [-0.2, 0) is 4.70 Å². The van der Waals surface area contributed by atoms with E-state index < -0.39 is 0 Å². The van der Waals surface area contributed by atoms with Gasteiger partial charge in [-0.2, -0.15) is 0 Å². The normalized spacial score (nSPS) is 9.38. The number of hydrogen-bond donors (Lipinski definition) is 1. The summed E-state index contributed by atoms with van der Waals surface area (Å²) < 4.78 is 11.5. The van der Waals surface area contributed by atoms with E-state index in [4.69, 9.17) is 5.73 Å². The van der Waals surface area contributed by atoms with Gasteiger partial charge in [0.1, 0.15) is 5.82 Å². The molecular formula is C14H18BBrN4O. The Labute approximate surface area is 134 Å². The van der Waals surface area contributed by atoms with Gasteiger partial charge in [-0.3, -0.25) is 0 Å². The summed E-state index contributed by atoms with van der Waals surface area (Å²) in [6.45, 7) is 3.73. The largest absolute Gasteiger partial charge is 0.384 e. The van der Waals surface area contributed by atoms with Gasteiger partial charge in [-0.05, 0) is 35.0 Å². The van der Waals surface area contributed by atoms with Gasteiger partial charge in [-0.15, -0.1) is 0 Å². The summed E-state index contributed by atoms with van der Waals surface area (Å²) in [6, 6.07) is 7.26. The molecule has 0 aliphatic carbocycles. The minimum Gasteiger partial charge on any atom is -0.384 e. The summed E-state index contributed by atoms with van der Waals surface area (Å²) in [7, 11) is 4.66. The Bertz CT molecular complexity index is 634. The molecule has 0 bridgehead atoms. The molecule has 21 heavy (non-hydrogen) atoms. The number of aryl methyl sites for hydroxylation is 2. The molecule has 2 heterocycles. The number of pyridine rings is 2. The number of halogens is 1. The van der Waals surface area contributed by atoms with Gasteiger partial charge in [0.2, 0.25) is 0 Å². The molecule has 0 aliphatic rings. The van der Waals surface area contributed by atoms with Crippen LogP contribution in [0.2, 0.25) is 0 Å².